The lowest BCUT2D eigenvalue weighted by Gasteiger charge is -2.18. The van der Waals surface area contributed by atoms with Crippen molar-refractivity contribution in [2.45, 2.75) is 18.9 Å². The van der Waals surface area contributed by atoms with Gasteiger partial charge in [-0.1, -0.05) is 66.7 Å². The van der Waals surface area contributed by atoms with Crippen LogP contribution in [0.1, 0.15) is 23.7 Å². The van der Waals surface area contributed by atoms with Crippen molar-refractivity contribution in [1.29, 1.82) is 0 Å². The number of carbonyl (C=O) groups is 2. The molecule has 5 heteroatoms. The van der Waals surface area contributed by atoms with E-state index in [1.165, 1.54) is 0 Å². The number of hydrogen-bond donors (Lipinski definition) is 1. The van der Waals surface area contributed by atoms with Crippen LogP contribution < -0.4 is 10.1 Å². The molecule has 1 N–H and O–H groups in total. The Kier molecular flexibility index (Phi) is 7.00. The van der Waals surface area contributed by atoms with Gasteiger partial charge in [0, 0.05) is 23.7 Å². The normalized spacial score (nSPS) is 11.3. The van der Waals surface area contributed by atoms with E-state index in [2.05, 4.69) is 5.32 Å². The SMILES string of the molecule is COc1cccc(NC(=O)[C@@H](OC(=O)CCc2ccccc2)c2ccccc2)c1. The fourth-order valence-corrected chi connectivity index (χ4v) is 2.89. The number of carbonyl (C=O) groups excluding carboxylic acids is 2. The molecule has 0 bridgehead atoms. The third-order valence-corrected chi connectivity index (χ3v) is 4.39. The number of methoxy groups -OCH3 is 1. The van der Waals surface area contributed by atoms with Crippen LogP contribution in [0.5, 0.6) is 5.75 Å². The van der Waals surface area contributed by atoms with Crippen LogP contribution in [0.25, 0.3) is 0 Å². The first-order valence-electron chi connectivity index (χ1n) is 9.39. The van der Waals surface area contributed by atoms with Crippen molar-refractivity contribution in [1.82, 2.24) is 0 Å². The standard InChI is InChI=1S/C24H23NO4/c1-28-21-14-8-13-20(17-21)25-24(27)23(19-11-6-3-7-12-19)29-22(26)16-15-18-9-4-2-5-10-18/h2-14,17,23H,15-16H2,1H3,(H,25,27)/t23-/m0/s1. The molecule has 0 unspecified atom stereocenters. The highest BCUT2D eigenvalue weighted by Crippen LogP contribution is 2.23. The number of esters is 1. The predicted octanol–water partition coefficient (Wildman–Crippen LogP) is 4.55. The van der Waals surface area contributed by atoms with Gasteiger partial charge in [0.15, 0.2) is 0 Å². The molecule has 3 rings (SSSR count). The Morgan fingerprint density at radius 3 is 2.28 bits per heavy atom. The summed E-state index contributed by atoms with van der Waals surface area (Å²) in [7, 11) is 1.56. The van der Waals surface area contributed by atoms with Gasteiger partial charge in [0.2, 0.25) is 6.10 Å². The topological polar surface area (TPSA) is 64.6 Å². The molecule has 0 spiro atoms. The number of nitrogens with one attached hydrogen (secondary N) is 1. The summed E-state index contributed by atoms with van der Waals surface area (Å²) in [6.07, 6.45) is -0.288. The fourth-order valence-electron chi connectivity index (χ4n) is 2.89. The average molecular weight is 389 g/mol. The summed E-state index contributed by atoms with van der Waals surface area (Å²) in [6.45, 7) is 0. The van der Waals surface area contributed by atoms with E-state index in [9.17, 15) is 9.59 Å². The highest BCUT2D eigenvalue weighted by molar-refractivity contribution is 5.96. The highest BCUT2D eigenvalue weighted by atomic mass is 16.5. The Morgan fingerprint density at radius 1 is 0.897 bits per heavy atom. The van der Waals surface area contributed by atoms with E-state index in [0.717, 1.165) is 5.56 Å². The molecule has 1 amide bonds. The number of benzene rings is 3. The lowest BCUT2D eigenvalue weighted by atomic mass is 10.1. The molecule has 0 saturated heterocycles. The summed E-state index contributed by atoms with van der Waals surface area (Å²) in [4.78, 5) is 25.3. The van der Waals surface area contributed by atoms with Crippen molar-refractivity contribution < 1.29 is 19.1 Å². The summed E-state index contributed by atoms with van der Waals surface area (Å²) in [5.41, 5.74) is 2.22. The molecule has 0 saturated carbocycles. The lowest BCUT2D eigenvalue weighted by Crippen LogP contribution is -2.26. The molecule has 1 atom stereocenters. The zero-order chi connectivity index (χ0) is 20.5. The third kappa shape index (κ3) is 5.94. The molecule has 5 nitrogen and oxygen atoms in total. The second-order valence-electron chi connectivity index (χ2n) is 6.49. The van der Waals surface area contributed by atoms with Crippen LogP contribution >= 0.6 is 0 Å². The number of amides is 1. The molecule has 0 heterocycles. The Labute approximate surface area is 170 Å². The first kappa shape index (κ1) is 20.1. The lowest BCUT2D eigenvalue weighted by molar-refractivity contribution is -0.154. The van der Waals surface area contributed by atoms with E-state index in [4.69, 9.17) is 9.47 Å². The van der Waals surface area contributed by atoms with Crippen LogP contribution in [0.4, 0.5) is 5.69 Å². The van der Waals surface area contributed by atoms with Gasteiger partial charge >= 0.3 is 5.97 Å². The number of anilines is 1. The maximum Gasteiger partial charge on any atom is 0.307 e. The summed E-state index contributed by atoms with van der Waals surface area (Å²) in [5, 5.41) is 2.80. The van der Waals surface area contributed by atoms with Crippen LogP contribution in [-0.2, 0) is 20.7 Å². The van der Waals surface area contributed by atoms with Crippen molar-refractivity contribution >= 4 is 17.6 Å². The minimum atomic E-state index is -1.04. The maximum absolute atomic E-state index is 12.9. The Bertz CT molecular complexity index is 941. The van der Waals surface area contributed by atoms with Crippen molar-refractivity contribution in [2.75, 3.05) is 12.4 Å². The minimum absolute atomic E-state index is 0.194. The van der Waals surface area contributed by atoms with Crippen LogP contribution in [0, 0.1) is 0 Å². The highest BCUT2D eigenvalue weighted by Gasteiger charge is 2.25. The molecule has 29 heavy (non-hydrogen) atoms. The Hall–Kier alpha value is -3.60. The van der Waals surface area contributed by atoms with Crippen LogP contribution in [0.15, 0.2) is 84.9 Å². The summed E-state index contributed by atoms with van der Waals surface area (Å²) >= 11 is 0. The van der Waals surface area contributed by atoms with E-state index in [1.807, 2.05) is 36.4 Å². The smallest absolute Gasteiger partial charge is 0.307 e. The molecule has 0 aliphatic heterocycles. The molecule has 0 aliphatic rings. The number of hydrogen-bond acceptors (Lipinski definition) is 4. The van der Waals surface area contributed by atoms with Crippen LogP contribution in [0.2, 0.25) is 0 Å². The van der Waals surface area contributed by atoms with E-state index >= 15 is 0 Å². The van der Waals surface area contributed by atoms with Gasteiger partial charge in [0.25, 0.3) is 5.91 Å². The fraction of sp³-hybridized carbons (Fsp3) is 0.167. The Morgan fingerprint density at radius 2 is 1.59 bits per heavy atom. The zero-order valence-electron chi connectivity index (χ0n) is 16.2. The van der Waals surface area contributed by atoms with E-state index in [0.29, 0.717) is 23.4 Å². The van der Waals surface area contributed by atoms with Crippen molar-refractivity contribution in [2.24, 2.45) is 0 Å². The first-order chi connectivity index (χ1) is 14.2. The Balaban J connectivity index is 1.70. The van der Waals surface area contributed by atoms with Gasteiger partial charge in [-0.3, -0.25) is 9.59 Å². The van der Waals surface area contributed by atoms with E-state index < -0.39 is 18.0 Å². The molecule has 3 aromatic carbocycles. The largest absolute Gasteiger partial charge is 0.497 e. The first-order valence-corrected chi connectivity index (χ1v) is 9.39. The number of rotatable bonds is 8. The quantitative estimate of drug-likeness (QED) is 0.574. The molecule has 0 fully saturated rings. The van der Waals surface area contributed by atoms with Crippen molar-refractivity contribution in [3.63, 3.8) is 0 Å². The van der Waals surface area contributed by atoms with Crippen molar-refractivity contribution in [3.8, 4) is 5.75 Å². The van der Waals surface area contributed by atoms with E-state index in [1.54, 1.807) is 55.6 Å². The molecule has 0 aliphatic carbocycles. The van der Waals surface area contributed by atoms with Gasteiger partial charge in [-0.05, 0) is 24.1 Å². The van der Waals surface area contributed by atoms with Crippen LogP contribution in [0.3, 0.4) is 0 Å². The number of ether oxygens (including phenoxy) is 2. The minimum Gasteiger partial charge on any atom is -0.497 e. The third-order valence-electron chi connectivity index (χ3n) is 4.39. The average Bonchev–Trinajstić information content (AvgIpc) is 2.77. The second kappa shape index (κ2) is 10.1. The zero-order valence-corrected chi connectivity index (χ0v) is 16.2. The van der Waals surface area contributed by atoms with Crippen LogP contribution in [-0.4, -0.2) is 19.0 Å². The number of aryl methyl sites for hydroxylation is 1. The maximum atomic E-state index is 12.9. The monoisotopic (exact) mass is 389 g/mol. The summed E-state index contributed by atoms with van der Waals surface area (Å²) in [5.74, 6) is -0.222. The molecule has 148 valence electrons. The molecular formula is C24H23NO4. The summed E-state index contributed by atoms with van der Waals surface area (Å²) in [6, 6.07) is 25.7. The van der Waals surface area contributed by atoms with Gasteiger partial charge < -0.3 is 14.8 Å². The molecule has 0 radical (unpaired) electrons. The van der Waals surface area contributed by atoms with Gasteiger partial charge in [-0.15, -0.1) is 0 Å². The molecular weight excluding hydrogens is 366 g/mol. The van der Waals surface area contributed by atoms with E-state index in [-0.39, 0.29) is 6.42 Å². The summed E-state index contributed by atoms with van der Waals surface area (Å²) < 4.78 is 10.8. The predicted molar refractivity (Wildman–Crippen MR) is 112 cm³/mol. The van der Waals surface area contributed by atoms with Gasteiger partial charge in [0.05, 0.1) is 7.11 Å². The molecule has 3 aromatic rings. The second-order valence-corrected chi connectivity index (χ2v) is 6.49. The van der Waals surface area contributed by atoms with Gasteiger partial charge in [0.1, 0.15) is 5.75 Å². The molecule has 0 aromatic heterocycles. The van der Waals surface area contributed by atoms with Gasteiger partial charge in [-0.25, -0.2) is 0 Å². The van der Waals surface area contributed by atoms with Gasteiger partial charge in [-0.2, -0.15) is 0 Å². The van der Waals surface area contributed by atoms with Crippen molar-refractivity contribution in [3.05, 3.63) is 96.1 Å².